The van der Waals surface area contributed by atoms with Gasteiger partial charge in [-0.15, -0.1) is 0 Å². The summed E-state index contributed by atoms with van der Waals surface area (Å²) in [5.41, 5.74) is 1.52. The number of halogens is 1. The molecule has 0 aromatic heterocycles. The molecular weight excluding hydrogens is 340 g/mol. The molecule has 1 unspecified atom stereocenters. The van der Waals surface area contributed by atoms with E-state index in [4.69, 9.17) is 16.3 Å². The van der Waals surface area contributed by atoms with E-state index in [1.54, 1.807) is 17.0 Å². The van der Waals surface area contributed by atoms with E-state index >= 15 is 0 Å². The molecule has 25 heavy (non-hydrogen) atoms. The minimum atomic E-state index is -0.679. The van der Waals surface area contributed by atoms with E-state index in [1.807, 2.05) is 36.4 Å². The number of fused-ring (bicyclic) bond motifs is 1. The van der Waals surface area contributed by atoms with Crippen molar-refractivity contribution in [2.45, 2.75) is 19.4 Å². The van der Waals surface area contributed by atoms with Gasteiger partial charge in [0.1, 0.15) is 11.8 Å². The van der Waals surface area contributed by atoms with Crippen LogP contribution in [-0.4, -0.2) is 25.0 Å². The fraction of sp³-hybridized carbons (Fsp3) is 0.263. The summed E-state index contributed by atoms with van der Waals surface area (Å²) < 4.78 is 5.67. The molecule has 2 aromatic rings. The molecule has 3 rings (SSSR count). The number of anilines is 1. The molecule has 1 heterocycles. The summed E-state index contributed by atoms with van der Waals surface area (Å²) in [6, 6.07) is 14.2. The van der Waals surface area contributed by atoms with Crippen molar-refractivity contribution in [2.75, 3.05) is 18.1 Å². The second kappa shape index (κ2) is 7.57. The van der Waals surface area contributed by atoms with Gasteiger partial charge in [0.15, 0.2) is 0 Å². The highest BCUT2D eigenvalue weighted by Gasteiger charge is 2.37. The fourth-order valence-electron chi connectivity index (χ4n) is 2.91. The predicted octanol–water partition coefficient (Wildman–Crippen LogP) is 3.33. The molecule has 1 aliphatic rings. The Morgan fingerprint density at radius 1 is 1.24 bits per heavy atom. The molecule has 0 aliphatic carbocycles. The highest BCUT2D eigenvalue weighted by molar-refractivity contribution is 6.31. The molecular formula is C19H19ClN2O3. The predicted molar refractivity (Wildman–Crippen MR) is 96.9 cm³/mol. The maximum absolute atomic E-state index is 12.7. The number of ether oxygens (including phenoxy) is 1. The van der Waals surface area contributed by atoms with E-state index in [1.165, 1.54) is 6.92 Å². The Labute approximate surface area is 151 Å². The van der Waals surface area contributed by atoms with Gasteiger partial charge in [0, 0.05) is 29.7 Å². The number of carbonyl (C=O) groups excluding carboxylic acids is 2. The number of nitrogens with zero attached hydrogens (tertiary/aromatic N) is 1. The summed E-state index contributed by atoms with van der Waals surface area (Å²) in [5, 5.41) is 3.24. The molecule has 0 radical (unpaired) electrons. The van der Waals surface area contributed by atoms with Crippen LogP contribution in [0.15, 0.2) is 48.5 Å². The van der Waals surface area contributed by atoms with E-state index in [0.29, 0.717) is 24.6 Å². The quantitative estimate of drug-likeness (QED) is 0.806. The monoisotopic (exact) mass is 358 g/mol. The smallest absolute Gasteiger partial charge is 0.254 e. The van der Waals surface area contributed by atoms with Crippen molar-refractivity contribution in [3.63, 3.8) is 0 Å². The van der Waals surface area contributed by atoms with Crippen molar-refractivity contribution >= 4 is 29.1 Å². The van der Waals surface area contributed by atoms with Crippen LogP contribution >= 0.6 is 11.6 Å². The first-order valence-electron chi connectivity index (χ1n) is 8.12. The summed E-state index contributed by atoms with van der Waals surface area (Å²) in [7, 11) is 0. The third-order valence-electron chi connectivity index (χ3n) is 3.99. The zero-order valence-corrected chi connectivity index (χ0v) is 14.6. The van der Waals surface area contributed by atoms with Crippen molar-refractivity contribution in [3.8, 4) is 5.75 Å². The summed E-state index contributed by atoms with van der Waals surface area (Å²) in [4.78, 5) is 25.8. The first kappa shape index (κ1) is 17.3. The van der Waals surface area contributed by atoms with Crippen LogP contribution in [0.2, 0.25) is 5.02 Å². The molecule has 2 amide bonds. The van der Waals surface area contributed by atoms with Gasteiger partial charge in [0.25, 0.3) is 5.91 Å². The minimum absolute atomic E-state index is 0.146. The highest BCUT2D eigenvalue weighted by Crippen LogP contribution is 2.37. The van der Waals surface area contributed by atoms with Crippen molar-refractivity contribution in [1.29, 1.82) is 0 Å². The average molecular weight is 359 g/mol. The lowest BCUT2D eigenvalue weighted by molar-refractivity contribution is -0.126. The highest BCUT2D eigenvalue weighted by atomic mass is 35.5. The van der Waals surface area contributed by atoms with E-state index in [2.05, 4.69) is 5.32 Å². The van der Waals surface area contributed by atoms with Gasteiger partial charge in [-0.05, 0) is 36.8 Å². The largest absolute Gasteiger partial charge is 0.494 e. The van der Waals surface area contributed by atoms with Crippen LogP contribution < -0.4 is 15.0 Å². The Kier molecular flexibility index (Phi) is 5.24. The van der Waals surface area contributed by atoms with Gasteiger partial charge in [-0.3, -0.25) is 9.59 Å². The van der Waals surface area contributed by atoms with Crippen LogP contribution in [0.4, 0.5) is 5.69 Å². The van der Waals surface area contributed by atoms with Gasteiger partial charge in [0.2, 0.25) is 5.91 Å². The Bertz CT molecular complexity index is 779. The van der Waals surface area contributed by atoms with Crippen LogP contribution in [0.5, 0.6) is 5.75 Å². The summed E-state index contributed by atoms with van der Waals surface area (Å²) in [6.45, 7) is 2.41. The number of benzene rings is 2. The van der Waals surface area contributed by atoms with Crippen LogP contribution in [0.1, 0.15) is 24.9 Å². The second-order valence-corrected chi connectivity index (χ2v) is 6.28. The number of para-hydroxylation sites is 1. The molecule has 1 aliphatic heterocycles. The molecule has 0 spiro atoms. The fourth-order valence-corrected chi connectivity index (χ4v) is 3.09. The number of amides is 2. The van der Waals surface area contributed by atoms with E-state index in [9.17, 15) is 9.59 Å². The zero-order chi connectivity index (χ0) is 17.8. The van der Waals surface area contributed by atoms with Gasteiger partial charge in [-0.2, -0.15) is 0 Å². The van der Waals surface area contributed by atoms with Gasteiger partial charge >= 0.3 is 0 Å². The molecule has 130 valence electrons. The molecule has 0 fully saturated rings. The topological polar surface area (TPSA) is 58.6 Å². The van der Waals surface area contributed by atoms with Gasteiger partial charge in [0.05, 0.1) is 6.61 Å². The minimum Gasteiger partial charge on any atom is -0.494 e. The standard InChI is InChI=1S/C19H19ClN2O3/c1-13(23)21-18-16-12-14(20)8-9-17(16)22(19(18)24)10-5-11-25-15-6-3-2-4-7-15/h2-4,6-9,12,18H,5,10-11H2,1H3,(H,21,23). The maximum Gasteiger partial charge on any atom is 0.254 e. The third kappa shape index (κ3) is 3.94. The maximum atomic E-state index is 12.7. The van der Waals surface area contributed by atoms with Crippen LogP contribution in [0, 0.1) is 0 Å². The summed E-state index contributed by atoms with van der Waals surface area (Å²) in [5.74, 6) is 0.407. The lowest BCUT2D eigenvalue weighted by Crippen LogP contribution is -2.37. The van der Waals surface area contributed by atoms with Crippen molar-refractivity contribution in [1.82, 2.24) is 5.32 Å². The molecule has 6 heteroatoms. The molecule has 1 atom stereocenters. The van der Waals surface area contributed by atoms with Crippen molar-refractivity contribution in [3.05, 3.63) is 59.1 Å². The summed E-state index contributed by atoms with van der Waals surface area (Å²) in [6.07, 6.45) is 0.676. The normalized spacial score (nSPS) is 15.8. The number of nitrogens with one attached hydrogen (secondary N) is 1. The Hall–Kier alpha value is -2.53. The molecule has 0 saturated carbocycles. The molecule has 5 nitrogen and oxygen atoms in total. The molecule has 2 aromatic carbocycles. The Morgan fingerprint density at radius 3 is 2.72 bits per heavy atom. The van der Waals surface area contributed by atoms with Gasteiger partial charge in [-0.1, -0.05) is 29.8 Å². The Balaban J connectivity index is 1.67. The van der Waals surface area contributed by atoms with E-state index in [0.717, 1.165) is 17.0 Å². The number of hydrogen-bond donors (Lipinski definition) is 1. The van der Waals surface area contributed by atoms with Crippen molar-refractivity contribution in [2.24, 2.45) is 0 Å². The van der Waals surface area contributed by atoms with Crippen molar-refractivity contribution < 1.29 is 14.3 Å². The van der Waals surface area contributed by atoms with Crippen LogP contribution in [0.25, 0.3) is 0 Å². The zero-order valence-electron chi connectivity index (χ0n) is 13.9. The van der Waals surface area contributed by atoms with Crippen LogP contribution in [-0.2, 0) is 9.59 Å². The Morgan fingerprint density at radius 2 is 2.00 bits per heavy atom. The SMILES string of the molecule is CC(=O)NC1C(=O)N(CCCOc2ccccc2)c2ccc(Cl)cc21. The molecule has 1 N–H and O–H groups in total. The number of hydrogen-bond acceptors (Lipinski definition) is 3. The second-order valence-electron chi connectivity index (χ2n) is 5.84. The third-order valence-corrected chi connectivity index (χ3v) is 4.23. The first-order chi connectivity index (χ1) is 12.1. The lowest BCUT2D eigenvalue weighted by Gasteiger charge is -2.18. The van der Waals surface area contributed by atoms with Crippen LogP contribution in [0.3, 0.4) is 0 Å². The number of rotatable bonds is 6. The summed E-state index contributed by atoms with van der Waals surface area (Å²) >= 11 is 6.05. The average Bonchev–Trinajstić information content (AvgIpc) is 2.84. The van der Waals surface area contributed by atoms with E-state index < -0.39 is 6.04 Å². The van der Waals surface area contributed by atoms with Gasteiger partial charge < -0.3 is 15.0 Å². The molecule has 0 saturated heterocycles. The molecule has 0 bridgehead atoms. The van der Waals surface area contributed by atoms with Gasteiger partial charge in [-0.25, -0.2) is 0 Å². The lowest BCUT2D eigenvalue weighted by atomic mass is 10.1. The number of carbonyl (C=O) groups is 2. The van der Waals surface area contributed by atoms with E-state index in [-0.39, 0.29) is 11.8 Å². The first-order valence-corrected chi connectivity index (χ1v) is 8.50.